The number of ether oxygens (including phenoxy) is 3. The molecule has 1 fully saturated rings. The van der Waals surface area contributed by atoms with Crippen LogP contribution in [0.15, 0.2) is 12.2 Å². The summed E-state index contributed by atoms with van der Waals surface area (Å²) in [5.41, 5.74) is 0. The van der Waals surface area contributed by atoms with Gasteiger partial charge in [0.1, 0.15) is 24.9 Å². The van der Waals surface area contributed by atoms with Gasteiger partial charge in [0.05, 0.1) is 19.8 Å². The Balaban J connectivity index is 2.05. The van der Waals surface area contributed by atoms with E-state index in [1.54, 1.807) is 0 Å². The second-order valence-electron chi connectivity index (χ2n) is 8.95. The molecular formula is C26H47O7. The van der Waals surface area contributed by atoms with Crippen LogP contribution in [0, 0.1) is 0 Å². The molecule has 7 nitrogen and oxygen atoms in total. The van der Waals surface area contributed by atoms with Crippen molar-refractivity contribution in [2.24, 2.45) is 0 Å². The maximum Gasteiger partial charge on any atom is 0.306 e. The Bertz CT molecular complexity index is 497. The van der Waals surface area contributed by atoms with Gasteiger partial charge in [-0.15, -0.1) is 0 Å². The molecule has 1 rings (SSSR count). The molecule has 1 aliphatic rings. The van der Waals surface area contributed by atoms with Gasteiger partial charge in [0, 0.05) is 6.42 Å². The van der Waals surface area contributed by atoms with E-state index < -0.39 is 37.6 Å². The second-order valence-corrected chi connectivity index (χ2v) is 8.95. The lowest BCUT2D eigenvalue weighted by Gasteiger charge is -2.26. The lowest BCUT2D eigenvalue weighted by Crippen LogP contribution is -2.44. The maximum atomic E-state index is 12.2. The number of hydrogen-bond acceptors (Lipinski definition) is 6. The van der Waals surface area contributed by atoms with Gasteiger partial charge in [-0.1, -0.05) is 70.4 Å². The van der Waals surface area contributed by atoms with Gasteiger partial charge >= 0.3 is 5.97 Å². The first-order chi connectivity index (χ1) is 16.1. The minimum atomic E-state index is -0.908. The largest absolute Gasteiger partial charge is 0.457 e. The normalized spacial score (nSPS) is 21.6. The summed E-state index contributed by atoms with van der Waals surface area (Å²) in [6.45, 7) is 1.34. The average molecular weight is 472 g/mol. The molecule has 0 aromatic heterocycles. The van der Waals surface area contributed by atoms with Crippen LogP contribution < -0.4 is 0 Å². The third-order valence-electron chi connectivity index (χ3n) is 6.03. The van der Waals surface area contributed by atoms with Crippen LogP contribution in [0.5, 0.6) is 0 Å². The molecule has 0 aromatic rings. The van der Waals surface area contributed by atoms with E-state index in [0.29, 0.717) is 0 Å². The molecule has 0 unspecified atom stereocenters. The summed E-state index contributed by atoms with van der Waals surface area (Å²) < 4.78 is 16.1. The maximum absolute atomic E-state index is 12.2. The highest BCUT2D eigenvalue weighted by atomic mass is 16.6. The van der Waals surface area contributed by atoms with E-state index in [2.05, 4.69) is 19.1 Å². The van der Waals surface area contributed by atoms with Crippen LogP contribution in [0.4, 0.5) is 0 Å². The average Bonchev–Trinajstić information content (AvgIpc) is 3.18. The minimum absolute atomic E-state index is 0.0243. The number of hydrogen-bond donors (Lipinski definition) is 2. The number of aliphatic hydroxyl groups excluding tert-OH is 2. The Labute approximate surface area is 200 Å². The molecule has 1 radical (unpaired) electrons. The fraction of sp³-hybridized carbons (Fsp3) is 0.885. The van der Waals surface area contributed by atoms with Gasteiger partial charge in [0.25, 0.3) is 0 Å². The second kappa shape index (κ2) is 20.4. The predicted octanol–water partition coefficient (Wildman–Crippen LogP) is 4.50. The van der Waals surface area contributed by atoms with Gasteiger partial charge in [-0.05, 0) is 32.1 Å². The molecule has 7 heteroatoms. The SMILES string of the molecule is CCCCCCCC/C=C\CCCCCCCC(=O)O[C@H](CO)[C@H]1OC[C@H](O)[C@H]1OCC[O]. The van der Waals surface area contributed by atoms with Crippen molar-refractivity contribution in [3.05, 3.63) is 12.2 Å². The van der Waals surface area contributed by atoms with Crippen LogP contribution in [-0.2, 0) is 24.1 Å². The lowest BCUT2D eigenvalue weighted by molar-refractivity contribution is -0.165. The zero-order valence-corrected chi connectivity index (χ0v) is 20.6. The van der Waals surface area contributed by atoms with E-state index in [0.717, 1.165) is 32.1 Å². The number of aliphatic hydroxyl groups is 2. The molecule has 0 saturated carbocycles. The van der Waals surface area contributed by atoms with Crippen LogP contribution in [0.1, 0.15) is 96.8 Å². The van der Waals surface area contributed by atoms with E-state index in [4.69, 9.17) is 14.2 Å². The lowest BCUT2D eigenvalue weighted by atomic mass is 10.1. The van der Waals surface area contributed by atoms with Crippen molar-refractivity contribution in [3.8, 4) is 0 Å². The summed E-state index contributed by atoms with van der Waals surface area (Å²) in [4.78, 5) is 12.2. The van der Waals surface area contributed by atoms with Crippen molar-refractivity contribution < 1.29 is 34.3 Å². The van der Waals surface area contributed by atoms with E-state index in [1.165, 1.54) is 51.4 Å². The minimum Gasteiger partial charge on any atom is -0.457 e. The van der Waals surface area contributed by atoms with E-state index in [-0.39, 0.29) is 25.6 Å². The van der Waals surface area contributed by atoms with Gasteiger partial charge in [-0.2, -0.15) is 0 Å². The van der Waals surface area contributed by atoms with Crippen LogP contribution in [0.2, 0.25) is 0 Å². The van der Waals surface area contributed by atoms with Crippen molar-refractivity contribution in [1.82, 2.24) is 0 Å². The smallest absolute Gasteiger partial charge is 0.306 e. The number of rotatable bonds is 21. The molecular weight excluding hydrogens is 424 g/mol. The fourth-order valence-electron chi connectivity index (χ4n) is 4.10. The van der Waals surface area contributed by atoms with Gasteiger partial charge in [0.15, 0.2) is 6.10 Å². The number of allylic oxidation sites excluding steroid dienone is 2. The van der Waals surface area contributed by atoms with E-state index in [1.807, 2.05) is 0 Å². The highest BCUT2D eigenvalue weighted by Gasteiger charge is 2.43. The molecule has 1 aliphatic heterocycles. The molecule has 33 heavy (non-hydrogen) atoms. The third-order valence-corrected chi connectivity index (χ3v) is 6.03. The van der Waals surface area contributed by atoms with Crippen molar-refractivity contribution >= 4 is 5.97 Å². The first-order valence-electron chi connectivity index (χ1n) is 13.1. The van der Waals surface area contributed by atoms with Crippen molar-refractivity contribution in [2.75, 3.05) is 26.4 Å². The van der Waals surface area contributed by atoms with Gasteiger partial charge in [0.2, 0.25) is 0 Å². The standard InChI is InChI=1S/C26H47O7/c1-2-3-4-5-6-7-8-9-10-11-12-13-14-15-16-17-24(30)33-23(20-28)26-25(31-19-18-27)22(29)21-32-26/h9-10,22-23,25-26,28-29H,2-8,11-21H2,1H3/b10-9-/t22-,23+,25+,26+/m0/s1. The van der Waals surface area contributed by atoms with Crippen molar-refractivity contribution in [2.45, 2.75) is 121 Å². The molecule has 1 saturated heterocycles. The number of carbonyl (C=O) groups excluding carboxylic acids is 1. The highest BCUT2D eigenvalue weighted by Crippen LogP contribution is 2.23. The van der Waals surface area contributed by atoms with Crippen LogP contribution in [0.3, 0.4) is 0 Å². The summed E-state index contributed by atoms with van der Waals surface area (Å²) in [5.74, 6) is -0.390. The Kier molecular flexibility index (Phi) is 18.6. The number of carbonyl (C=O) groups is 1. The molecule has 0 spiro atoms. The molecule has 193 valence electrons. The Morgan fingerprint density at radius 1 is 1.00 bits per heavy atom. The summed E-state index contributed by atoms with van der Waals surface area (Å²) >= 11 is 0. The first-order valence-corrected chi connectivity index (χ1v) is 13.1. The molecule has 0 aromatic carbocycles. The van der Waals surface area contributed by atoms with Crippen molar-refractivity contribution in [3.63, 3.8) is 0 Å². The summed E-state index contributed by atoms with van der Waals surface area (Å²) in [6.07, 6.45) is 17.0. The van der Waals surface area contributed by atoms with Crippen molar-refractivity contribution in [1.29, 1.82) is 0 Å². The molecule has 2 N–H and O–H groups in total. The van der Waals surface area contributed by atoms with Crippen LogP contribution in [0.25, 0.3) is 0 Å². The third kappa shape index (κ3) is 14.1. The zero-order valence-electron chi connectivity index (χ0n) is 20.6. The van der Waals surface area contributed by atoms with Gasteiger partial charge in [-0.3, -0.25) is 4.79 Å². The summed E-state index contributed by atoms with van der Waals surface area (Å²) in [7, 11) is 0. The van der Waals surface area contributed by atoms with Crippen LogP contribution >= 0.6 is 0 Å². The van der Waals surface area contributed by atoms with Crippen LogP contribution in [-0.4, -0.2) is 67.0 Å². The number of esters is 1. The first kappa shape index (κ1) is 30.0. The fourth-order valence-corrected chi connectivity index (χ4v) is 4.10. The number of unbranched alkanes of at least 4 members (excludes halogenated alkanes) is 11. The predicted molar refractivity (Wildman–Crippen MR) is 127 cm³/mol. The van der Waals surface area contributed by atoms with Gasteiger partial charge in [-0.25, -0.2) is 5.11 Å². The van der Waals surface area contributed by atoms with Gasteiger partial charge < -0.3 is 24.4 Å². The summed E-state index contributed by atoms with van der Waals surface area (Å²) in [5, 5.41) is 30.2. The van der Waals surface area contributed by atoms with E-state index >= 15 is 0 Å². The van der Waals surface area contributed by atoms with E-state index in [9.17, 15) is 20.1 Å². The molecule has 0 bridgehead atoms. The quantitative estimate of drug-likeness (QED) is 0.145. The molecule has 0 aliphatic carbocycles. The monoisotopic (exact) mass is 471 g/mol. The Morgan fingerprint density at radius 3 is 2.21 bits per heavy atom. The highest BCUT2D eigenvalue weighted by molar-refractivity contribution is 5.69. The molecule has 4 atom stereocenters. The molecule has 1 heterocycles. The Morgan fingerprint density at radius 2 is 1.61 bits per heavy atom. The zero-order chi connectivity index (χ0) is 24.2. The molecule has 0 amide bonds. The summed E-state index contributed by atoms with van der Waals surface area (Å²) in [6, 6.07) is 0. The Hall–Kier alpha value is -0.990. The topological polar surface area (TPSA) is 105 Å².